The van der Waals surface area contributed by atoms with E-state index in [9.17, 15) is 9.90 Å². The molecule has 3 atom stereocenters. The molecule has 1 saturated heterocycles. The van der Waals surface area contributed by atoms with Crippen LogP contribution in [0.2, 0.25) is 0 Å². The Morgan fingerprint density at radius 3 is 2.77 bits per heavy atom. The van der Waals surface area contributed by atoms with Gasteiger partial charge in [0.05, 0.1) is 25.9 Å². The van der Waals surface area contributed by atoms with Gasteiger partial charge in [-0.15, -0.1) is 0 Å². The Morgan fingerprint density at radius 2 is 2.08 bits per heavy atom. The lowest BCUT2D eigenvalue weighted by Crippen LogP contribution is -2.56. The van der Waals surface area contributed by atoms with Crippen molar-refractivity contribution in [1.29, 1.82) is 0 Å². The van der Waals surface area contributed by atoms with E-state index in [0.29, 0.717) is 19.4 Å². The van der Waals surface area contributed by atoms with Crippen LogP contribution in [-0.4, -0.2) is 42.3 Å². The third-order valence-electron chi connectivity index (χ3n) is 6.11. The van der Waals surface area contributed by atoms with Crippen LogP contribution in [0.5, 0.6) is 11.5 Å². The molecule has 5 nitrogen and oxygen atoms in total. The molecule has 1 aromatic carbocycles. The van der Waals surface area contributed by atoms with Crippen LogP contribution in [0.1, 0.15) is 63.5 Å². The van der Waals surface area contributed by atoms with E-state index in [-0.39, 0.29) is 17.9 Å². The van der Waals surface area contributed by atoms with E-state index in [1.54, 1.807) is 14.2 Å². The molecule has 26 heavy (non-hydrogen) atoms. The normalized spacial score (nSPS) is 28.4. The highest BCUT2D eigenvalue weighted by Crippen LogP contribution is 2.51. The van der Waals surface area contributed by atoms with Crippen LogP contribution in [0, 0.1) is 5.92 Å². The molecule has 1 amide bonds. The zero-order valence-corrected chi connectivity index (χ0v) is 16.2. The van der Waals surface area contributed by atoms with Crippen LogP contribution in [0.25, 0.3) is 0 Å². The summed E-state index contributed by atoms with van der Waals surface area (Å²) in [4.78, 5) is 14.8. The second kappa shape index (κ2) is 7.87. The number of likely N-dealkylation sites (tertiary alicyclic amines) is 1. The van der Waals surface area contributed by atoms with Gasteiger partial charge >= 0.3 is 0 Å². The summed E-state index contributed by atoms with van der Waals surface area (Å²) < 4.78 is 11.0. The second-order valence-corrected chi connectivity index (χ2v) is 7.60. The second-order valence-electron chi connectivity index (χ2n) is 7.60. The van der Waals surface area contributed by atoms with Crippen molar-refractivity contribution in [2.24, 2.45) is 5.92 Å². The number of benzene rings is 1. The number of piperidine rings is 1. The molecule has 3 unspecified atom stereocenters. The van der Waals surface area contributed by atoms with Crippen molar-refractivity contribution in [3.63, 3.8) is 0 Å². The zero-order chi connectivity index (χ0) is 18.7. The molecule has 1 aromatic rings. The van der Waals surface area contributed by atoms with E-state index < -0.39 is 5.60 Å². The smallest absolute Gasteiger partial charge is 0.223 e. The highest BCUT2D eigenvalue weighted by molar-refractivity contribution is 5.77. The number of rotatable bonds is 5. The molecule has 1 N–H and O–H groups in total. The average Bonchev–Trinajstić information content (AvgIpc) is 2.66. The Hall–Kier alpha value is -1.75. The molecule has 1 aliphatic carbocycles. The minimum Gasteiger partial charge on any atom is -0.497 e. The summed E-state index contributed by atoms with van der Waals surface area (Å²) in [6, 6.07) is 5.63. The molecule has 1 heterocycles. The van der Waals surface area contributed by atoms with Gasteiger partial charge in [0.15, 0.2) is 0 Å². The van der Waals surface area contributed by atoms with Crippen LogP contribution in [0.15, 0.2) is 18.2 Å². The summed E-state index contributed by atoms with van der Waals surface area (Å²) in [6.45, 7) is 2.63. The van der Waals surface area contributed by atoms with Gasteiger partial charge in [-0.2, -0.15) is 0 Å². The number of amides is 1. The van der Waals surface area contributed by atoms with E-state index >= 15 is 0 Å². The predicted octanol–water partition coefficient (Wildman–Crippen LogP) is 3.70. The van der Waals surface area contributed by atoms with Gasteiger partial charge in [0.2, 0.25) is 5.91 Å². The first-order valence-corrected chi connectivity index (χ1v) is 9.78. The minimum atomic E-state index is -0.684. The summed E-state index contributed by atoms with van der Waals surface area (Å²) in [5.41, 5.74) is 0.291. The number of methoxy groups -OCH3 is 2. The Morgan fingerprint density at radius 1 is 1.27 bits per heavy atom. The Labute approximate surface area is 156 Å². The first kappa shape index (κ1) is 19.0. The number of carbonyl (C=O) groups excluding carboxylic acids is 1. The molecule has 2 fully saturated rings. The number of carbonyl (C=O) groups is 1. The quantitative estimate of drug-likeness (QED) is 0.869. The standard InChI is InChI=1S/C21H31NO4/c1-4-7-19(23)22-13-12-21(24)11-6-5-8-17(21)20(22)16-10-9-15(25-2)14-18(16)26-3/h9-10,14,17,20,24H,4-8,11-13H2,1-3H3. The first-order chi connectivity index (χ1) is 12.5. The zero-order valence-electron chi connectivity index (χ0n) is 16.2. The van der Waals surface area contributed by atoms with Crippen molar-refractivity contribution < 1.29 is 19.4 Å². The van der Waals surface area contributed by atoms with Gasteiger partial charge in [-0.3, -0.25) is 4.79 Å². The predicted molar refractivity (Wildman–Crippen MR) is 100 cm³/mol. The van der Waals surface area contributed by atoms with Gasteiger partial charge in [0.1, 0.15) is 11.5 Å². The van der Waals surface area contributed by atoms with Crippen molar-refractivity contribution in [2.45, 2.75) is 63.5 Å². The summed E-state index contributed by atoms with van der Waals surface area (Å²) in [7, 11) is 3.28. The summed E-state index contributed by atoms with van der Waals surface area (Å²) in [5, 5.41) is 11.3. The van der Waals surface area contributed by atoms with Crippen LogP contribution >= 0.6 is 0 Å². The molecule has 0 aromatic heterocycles. The maximum Gasteiger partial charge on any atom is 0.223 e. The van der Waals surface area contributed by atoms with Crippen LogP contribution in [0.4, 0.5) is 0 Å². The molecule has 0 spiro atoms. The van der Waals surface area contributed by atoms with Gasteiger partial charge in [0.25, 0.3) is 0 Å². The number of fused-ring (bicyclic) bond motifs is 1. The number of ether oxygens (including phenoxy) is 2. The maximum absolute atomic E-state index is 12.9. The van der Waals surface area contributed by atoms with Gasteiger partial charge in [0, 0.05) is 30.5 Å². The molecule has 1 saturated carbocycles. The molecule has 1 aliphatic heterocycles. The molecular weight excluding hydrogens is 330 g/mol. The van der Waals surface area contributed by atoms with Crippen molar-refractivity contribution in [3.05, 3.63) is 23.8 Å². The summed E-state index contributed by atoms with van der Waals surface area (Å²) in [5.74, 6) is 1.67. The Balaban J connectivity index is 2.05. The number of nitrogens with zero attached hydrogens (tertiary/aromatic N) is 1. The molecule has 5 heteroatoms. The van der Waals surface area contributed by atoms with E-state index in [1.807, 2.05) is 30.0 Å². The average molecular weight is 361 g/mol. The van der Waals surface area contributed by atoms with E-state index in [4.69, 9.17) is 9.47 Å². The lowest BCUT2D eigenvalue weighted by molar-refractivity contribution is -0.155. The van der Waals surface area contributed by atoms with E-state index in [2.05, 4.69) is 0 Å². The third-order valence-corrected chi connectivity index (χ3v) is 6.11. The van der Waals surface area contributed by atoms with Crippen molar-refractivity contribution in [3.8, 4) is 11.5 Å². The SMILES string of the molecule is CCCC(=O)N1CCC2(O)CCCCC2C1c1ccc(OC)cc1OC. The third kappa shape index (κ3) is 3.41. The Bertz CT molecular complexity index is 647. The van der Waals surface area contributed by atoms with Gasteiger partial charge in [-0.1, -0.05) is 19.8 Å². The molecule has 3 rings (SSSR count). The molecular formula is C21H31NO4. The monoisotopic (exact) mass is 361 g/mol. The fourth-order valence-electron chi connectivity index (χ4n) is 4.77. The van der Waals surface area contributed by atoms with Crippen LogP contribution in [0.3, 0.4) is 0 Å². The number of hydrogen-bond acceptors (Lipinski definition) is 4. The number of hydrogen-bond donors (Lipinski definition) is 1. The highest BCUT2D eigenvalue weighted by atomic mass is 16.5. The Kier molecular flexibility index (Phi) is 5.76. The lowest BCUT2D eigenvalue weighted by atomic mass is 9.66. The van der Waals surface area contributed by atoms with Crippen molar-refractivity contribution >= 4 is 5.91 Å². The largest absolute Gasteiger partial charge is 0.497 e. The topological polar surface area (TPSA) is 59.0 Å². The van der Waals surface area contributed by atoms with Gasteiger partial charge in [-0.25, -0.2) is 0 Å². The van der Waals surface area contributed by atoms with Crippen molar-refractivity contribution in [1.82, 2.24) is 4.90 Å². The van der Waals surface area contributed by atoms with Crippen LogP contribution < -0.4 is 9.47 Å². The first-order valence-electron chi connectivity index (χ1n) is 9.78. The molecule has 144 valence electrons. The fraction of sp³-hybridized carbons (Fsp3) is 0.667. The maximum atomic E-state index is 12.9. The summed E-state index contributed by atoms with van der Waals surface area (Å²) >= 11 is 0. The fourth-order valence-corrected chi connectivity index (χ4v) is 4.77. The van der Waals surface area contributed by atoms with Gasteiger partial charge in [-0.05, 0) is 37.8 Å². The van der Waals surface area contributed by atoms with E-state index in [0.717, 1.165) is 49.2 Å². The van der Waals surface area contributed by atoms with E-state index in [1.165, 1.54) is 0 Å². The summed E-state index contributed by atoms with van der Waals surface area (Å²) in [6.07, 6.45) is 5.95. The van der Waals surface area contributed by atoms with Gasteiger partial charge < -0.3 is 19.5 Å². The lowest BCUT2D eigenvalue weighted by Gasteiger charge is -2.52. The van der Waals surface area contributed by atoms with Crippen molar-refractivity contribution in [2.75, 3.05) is 20.8 Å². The highest BCUT2D eigenvalue weighted by Gasteiger charge is 2.50. The molecule has 2 aliphatic rings. The van der Waals surface area contributed by atoms with Crippen LogP contribution in [-0.2, 0) is 4.79 Å². The number of aliphatic hydroxyl groups is 1. The minimum absolute atomic E-state index is 0.0492. The molecule has 0 bridgehead atoms. The molecule has 0 radical (unpaired) electrons.